The maximum atomic E-state index is 12.8. The van der Waals surface area contributed by atoms with Gasteiger partial charge in [0.2, 0.25) is 10.0 Å². The molecule has 3 rings (SSSR count). The number of rotatable bonds is 3. The Kier molecular flexibility index (Phi) is 5.23. The van der Waals surface area contributed by atoms with Gasteiger partial charge in [-0.1, -0.05) is 0 Å². The van der Waals surface area contributed by atoms with Crippen LogP contribution in [0.15, 0.2) is 27.6 Å². The second kappa shape index (κ2) is 6.96. The lowest BCUT2D eigenvalue weighted by Gasteiger charge is -2.37. The minimum Gasteiger partial charge on any atom is -0.347 e. The summed E-state index contributed by atoms with van der Waals surface area (Å²) < 4.78 is 37.7. The highest BCUT2D eigenvalue weighted by atomic mass is 79.9. The van der Waals surface area contributed by atoms with Crippen molar-refractivity contribution in [2.75, 3.05) is 40.4 Å². The van der Waals surface area contributed by atoms with Gasteiger partial charge in [0.1, 0.15) is 0 Å². The first kappa shape index (κ1) is 18.8. The van der Waals surface area contributed by atoms with Crippen molar-refractivity contribution >= 4 is 31.9 Å². The molecule has 0 saturated carbocycles. The lowest BCUT2D eigenvalue weighted by Crippen LogP contribution is -2.47. The standard InChI is InChI=1S/C16H21BrN2O5S/c1-18(2)25(21,22)14-11-12(3-4-13(14)17)15(20)19-7-5-16(6-8-19)23-9-10-24-16/h3-4,11H,5-10H2,1-2H3. The highest BCUT2D eigenvalue weighted by molar-refractivity contribution is 9.10. The molecule has 25 heavy (non-hydrogen) atoms. The van der Waals surface area contributed by atoms with Crippen molar-refractivity contribution < 1.29 is 22.7 Å². The van der Waals surface area contributed by atoms with E-state index in [-0.39, 0.29) is 10.8 Å². The molecule has 0 radical (unpaired) electrons. The van der Waals surface area contributed by atoms with Crippen molar-refractivity contribution in [3.05, 3.63) is 28.2 Å². The number of carbonyl (C=O) groups is 1. The van der Waals surface area contributed by atoms with Gasteiger partial charge in [-0.15, -0.1) is 0 Å². The van der Waals surface area contributed by atoms with E-state index in [1.54, 1.807) is 17.0 Å². The highest BCUT2D eigenvalue weighted by Crippen LogP contribution is 2.32. The molecule has 7 nitrogen and oxygen atoms in total. The molecule has 2 fully saturated rings. The molecule has 2 aliphatic rings. The topological polar surface area (TPSA) is 76.2 Å². The van der Waals surface area contributed by atoms with Crippen LogP contribution in [0.5, 0.6) is 0 Å². The first-order valence-corrected chi connectivity index (χ1v) is 10.3. The van der Waals surface area contributed by atoms with Gasteiger partial charge in [-0.3, -0.25) is 4.79 Å². The predicted octanol–water partition coefficient (Wildman–Crippen LogP) is 1.68. The summed E-state index contributed by atoms with van der Waals surface area (Å²) in [6.07, 6.45) is 1.25. The normalized spacial score (nSPS) is 20.4. The minimum atomic E-state index is -3.64. The van der Waals surface area contributed by atoms with Gasteiger partial charge in [-0.2, -0.15) is 0 Å². The second-order valence-corrected chi connectivity index (χ2v) is 9.31. The van der Waals surface area contributed by atoms with Crippen LogP contribution in [0.2, 0.25) is 0 Å². The van der Waals surface area contributed by atoms with Crippen molar-refractivity contribution in [3.63, 3.8) is 0 Å². The number of piperidine rings is 1. The fourth-order valence-corrected chi connectivity index (χ4v) is 4.89. The number of hydrogen-bond donors (Lipinski definition) is 0. The van der Waals surface area contributed by atoms with Crippen molar-refractivity contribution in [3.8, 4) is 0 Å². The Labute approximate surface area is 156 Å². The van der Waals surface area contributed by atoms with E-state index in [4.69, 9.17) is 9.47 Å². The molecule has 1 aromatic carbocycles. The van der Waals surface area contributed by atoms with Gasteiger partial charge in [0.25, 0.3) is 5.91 Å². The third-order valence-electron chi connectivity index (χ3n) is 4.56. The van der Waals surface area contributed by atoms with Crippen molar-refractivity contribution in [2.24, 2.45) is 0 Å². The Bertz CT molecular complexity index is 765. The third-order valence-corrected chi connectivity index (χ3v) is 7.37. The fourth-order valence-electron chi connectivity index (χ4n) is 3.05. The average molecular weight is 433 g/mol. The summed E-state index contributed by atoms with van der Waals surface area (Å²) in [6.45, 7) is 2.22. The molecule has 0 atom stereocenters. The summed E-state index contributed by atoms with van der Waals surface area (Å²) >= 11 is 3.26. The number of hydrogen-bond acceptors (Lipinski definition) is 5. The van der Waals surface area contributed by atoms with Crippen molar-refractivity contribution in [1.29, 1.82) is 0 Å². The van der Waals surface area contributed by atoms with Gasteiger partial charge < -0.3 is 14.4 Å². The van der Waals surface area contributed by atoms with Crippen molar-refractivity contribution in [2.45, 2.75) is 23.5 Å². The number of amides is 1. The molecule has 1 aromatic rings. The molecular formula is C16H21BrN2O5S. The van der Waals surface area contributed by atoms with E-state index >= 15 is 0 Å². The summed E-state index contributed by atoms with van der Waals surface area (Å²) in [5, 5.41) is 0. The van der Waals surface area contributed by atoms with Crippen LogP contribution in [0, 0.1) is 0 Å². The summed E-state index contributed by atoms with van der Waals surface area (Å²) in [5.41, 5.74) is 0.354. The number of sulfonamides is 1. The zero-order valence-corrected chi connectivity index (χ0v) is 16.6. The van der Waals surface area contributed by atoms with Gasteiger partial charge in [-0.25, -0.2) is 12.7 Å². The molecule has 2 heterocycles. The molecule has 138 valence electrons. The van der Waals surface area contributed by atoms with Crippen LogP contribution in [0.3, 0.4) is 0 Å². The van der Waals surface area contributed by atoms with Crippen LogP contribution in [0.1, 0.15) is 23.2 Å². The number of ether oxygens (including phenoxy) is 2. The van der Waals surface area contributed by atoms with E-state index in [9.17, 15) is 13.2 Å². The molecule has 9 heteroatoms. The third kappa shape index (κ3) is 3.61. The van der Waals surface area contributed by atoms with Crippen molar-refractivity contribution in [1.82, 2.24) is 9.21 Å². The van der Waals surface area contributed by atoms with Gasteiger partial charge in [0.15, 0.2) is 5.79 Å². The molecule has 0 N–H and O–H groups in total. The zero-order chi connectivity index (χ0) is 18.2. The molecule has 2 saturated heterocycles. The molecule has 2 aliphatic heterocycles. The van der Waals surface area contributed by atoms with Gasteiger partial charge >= 0.3 is 0 Å². The molecule has 0 aromatic heterocycles. The molecule has 1 spiro atoms. The Hall–Kier alpha value is -1.00. The van der Waals surface area contributed by atoms with Gasteiger partial charge in [-0.05, 0) is 34.1 Å². The molecule has 0 aliphatic carbocycles. The highest BCUT2D eigenvalue weighted by Gasteiger charge is 2.41. The largest absolute Gasteiger partial charge is 0.347 e. The maximum Gasteiger partial charge on any atom is 0.253 e. The van der Waals surface area contributed by atoms with E-state index in [1.165, 1.54) is 20.2 Å². The fraction of sp³-hybridized carbons (Fsp3) is 0.562. The lowest BCUT2D eigenvalue weighted by atomic mass is 10.0. The molecular weight excluding hydrogens is 412 g/mol. The second-order valence-electron chi connectivity index (χ2n) is 6.33. The Morgan fingerprint density at radius 3 is 2.36 bits per heavy atom. The summed E-state index contributed by atoms with van der Waals surface area (Å²) in [7, 11) is -0.716. The Morgan fingerprint density at radius 2 is 1.80 bits per heavy atom. The van der Waals surface area contributed by atoms with Crippen LogP contribution >= 0.6 is 15.9 Å². The lowest BCUT2D eigenvalue weighted by molar-refractivity contribution is -0.181. The zero-order valence-electron chi connectivity index (χ0n) is 14.2. The van der Waals surface area contributed by atoms with Gasteiger partial charge in [0, 0.05) is 50.1 Å². The summed E-state index contributed by atoms with van der Waals surface area (Å²) in [4.78, 5) is 14.6. The predicted molar refractivity (Wildman–Crippen MR) is 94.8 cm³/mol. The first-order chi connectivity index (χ1) is 11.8. The molecule has 0 bridgehead atoms. The van der Waals surface area contributed by atoms with Crippen LogP contribution < -0.4 is 0 Å². The van der Waals surface area contributed by atoms with E-state index < -0.39 is 15.8 Å². The molecule has 0 unspecified atom stereocenters. The number of likely N-dealkylation sites (tertiary alicyclic amines) is 1. The number of benzene rings is 1. The van der Waals surface area contributed by atoms with E-state index in [2.05, 4.69) is 15.9 Å². The SMILES string of the molecule is CN(C)S(=O)(=O)c1cc(C(=O)N2CCC3(CC2)OCCO3)ccc1Br. The monoisotopic (exact) mass is 432 g/mol. The smallest absolute Gasteiger partial charge is 0.253 e. The Morgan fingerprint density at radius 1 is 1.20 bits per heavy atom. The van der Waals surface area contributed by atoms with Crippen LogP contribution in [-0.2, 0) is 19.5 Å². The van der Waals surface area contributed by atoms with Crippen LogP contribution in [0.4, 0.5) is 0 Å². The number of nitrogens with zero attached hydrogens (tertiary/aromatic N) is 2. The average Bonchev–Trinajstić information content (AvgIpc) is 3.03. The van der Waals surface area contributed by atoms with E-state index in [0.717, 1.165) is 4.31 Å². The maximum absolute atomic E-state index is 12.8. The van der Waals surface area contributed by atoms with E-state index in [1.807, 2.05) is 0 Å². The van der Waals surface area contributed by atoms with Gasteiger partial charge in [0.05, 0.1) is 18.1 Å². The number of carbonyl (C=O) groups excluding carboxylic acids is 1. The quantitative estimate of drug-likeness (QED) is 0.725. The number of halogens is 1. The Balaban J connectivity index is 1.79. The summed E-state index contributed by atoms with van der Waals surface area (Å²) in [5.74, 6) is -0.730. The van der Waals surface area contributed by atoms with Crippen LogP contribution in [0.25, 0.3) is 0 Å². The summed E-state index contributed by atoms with van der Waals surface area (Å²) in [6, 6.07) is 4.65. The molecule has 1 amide bonds. The van der Waals surface area contributed by atoms with Crippen LogP contribution in [-0.4, -0.2) is 69.7 Å². The van der Waals surface area contributed by atoms with E-state index in [0.29, 0.717) is 49.2 Å². The first-order valence-electron chi connectivity index (χ1n) is 8.04. The minimum absolute atomic E-state index is 0.0827.